The van der Waals surface area contributed by atoms with Crippen molar-refractivity contribution in [3.05, 3.63) is 66.2 Å². The van der Waals surface area contributed by atoms with Gasteiger partial charge in [0.15, 0.2) is 0 Å². The van der Waals surface area contributed by atoms with Crippen molar-refractivity contribution in [2.24, 2.45) is 0 Å². The molecule has 0 fully saturated rings. The van der Waals surface area contributed by atoms with Crippen molar-refractivity contribution in [3.63, 3.8) is 0 Å². The van der Waals surface area contributed by atoms with Crippen LogP contribution in [0.1, 0.15) is 12.0 Å². The number of rotatable bonds is 8. The Morgan fingerprint density at radius 3 is 2.27 bits per heavy atom. The number of nitrogens with zero attached hydrogens (tertiary/aromatic N) is 1. The van der Waals surface area contributed by atoms with Gasteiger partial charge in [0.25, 0.3) is 0 Å². The topological polar surface area (TPSA) is 52.6 Å². The average Bonchev–Trinajstić information content (AvgIpc) is 2.56. The number of carbonyl (C=O) groups excluding carboxylic acids is 1. The zero-order valence-electron chi connectivity index (χ0n) is 12.6. The second-order valence-corrected chi connectivity index (χ2v) is 5.10. The van der Waals surface area contributed by atoms with Gasteiger partial charge in [0, 0.05) is 25.4 Å². The van der Waals surface area contributed by atoms with Crippen molar-refractivity contribution in [1.82, 2.24) is 5.32 Å². The summed E-state index contributed by atoms with van der Waals surface area (Å²) in [7, 11) is 0. The Bertz CT molecular complexity index is 558. The van der Waals surface area contributed by atoms with Crippen LogP contribution in [0.5, 0.6) is 0 Å². The fourth-order valence-electron chi connectivity index (χ4n) is 2.22. The molecule has 2 aromatic carbocycles. The Labute approximate surface area is 131 Å². The van der Waals surface area contributed by atoms with Gasteiger partial charge in [0.05, 0.1) is 6.54 Å². The molecule has 0 saturated carbocycles. The van der Waals surface area contributed by atoms with Crippen LogP contribution in [-0.4, -0.2) is 30.7 Å². The number of benzene rings is 2. The Hall–Kier alpha value is -2.33. The molecule has 2 N–H and O–H groups in total. The largest absolute Gasteiger partial charge is 0.396 e. The van der Waals surface area contributed by atoms with E-state index in [0.29, 0.717) is 26.1 Å². The van der Waals surface area contributed by atoms with E-state index in [-0.39, 0.29) is 12.5 Å². The Morgan fingerprint density at radius 1 is 1.00 bits per heavy atom. The molecule has 116 valence electrons. The Morgan fingerprint density at radius 2 is 1.64 bits per heavy atom. The van der Waals surface area contributed by atoms with E-state index in [1.54, 1.807) is 0 Å². The van der Waals surface area contributed by atoms with Crippen LogP contribution in [-0.2, 0) is 11.3 Å². The summed E-state index contributed by atoms with van der Waals surface area (Å²) in [6.07, 6.45) is 0.579. The highest BCUT2D eigenvalue weighted by atomic mass is 16.3. The second kappa shape index (κ2) is 8.85. The Kier molecular flexibility index (Phi) is 6.45. The number of carbonyl (C=O) groups is 1. The molecule has 0 aromatic heterocycles. The van der Waals surface area contributed by atoms with Gasteiger partial charge in [-0.2, -0.15) is 0 Å². The van der Waals surface area contributed by atoms with Crippen LogP contribution in [0.25, 0.3) is 0 Å². The number of hydrogen-bond donors (Lipinski definition) is 2. The number of hydrogen-bond acceptors (Lipinski definition) is 3. The summed E-state index contributed by atoms with van der Waals surface area (Å²) in [6.45, 7) is 1.57. The first-order chi connectivity index (χ1) is 10.8. The molecule has 22 heavy (non-hydrogen) atoms. The zero-order valence-corrected chi connectivity index (χ0v) is 12.6. The molecule has 1 amide bonds. The Balaban J connectivity index is 2.04. The minimum absolute atomic E-state index is 0.0340. The van der Waals surface area contributed by atoms with Crippen LogP contribution in [0, 0.1) is 0 Å². The first kappa shape index (κ1) is 16.0. The SMILES string of the molecule is O=C(CN(Cc1ccccc1)c1ccccc1)NCCCO. The highest BCUT2D eigenvalue weighted by molar-refractivity contribution is 5.81. The lowest BCUT2D eigenvalue weighted by Crippen LogP contribution is -2.37. The van der Waals surface area contributed by atoms with E-state index in [2.05, 4.69) is 17.4 Å². The molecule has 0 radical (unpaired) electrons. The van der Waals surface area contributed by atoms with Crippen molar-refractivity contribution in [2.75, 3.05) is 24.6 Å². The summed E-state index contributed by atoms with van der Waals surface area (Å²) in [5.41, 5.74) is 2.18. The highest BCUT2D eigenvalue weighted by Crippen LogP contribution is 2.16. The van der Waals surface area contributed by atoms with Crippen LogP contribution in [0.2, 0.25) is 0 Å². The number of aliphatic hydroxyl groups is 1. The van der Waals surface area contributed by atoms with Gasteiger partial charge in [-0.25, -0.2) is 0 Å². The van der Waals surface area contributed by atoms with Crippen molar-refractivity contribution >= 4 is 11.6 Å². The lowest BCUT2D eigenvalue weighted by Gasteiger charge is -2.24. The average molecular weight is 298 g/mol. The first-order valence-corrected chi connectivity index (χ1v) is 7.51. The molecule has 0 aliphatic rings. The van der Waals surface area contributed by atoms with Crippen LogP contribution in [0.15, 0.2) is 60.7 Å². The van der Waals surface area contributed by atoms with E-state index in [1.165, 1.54) is 0 Å². The predicted molar refractivity (Wildman–Crippen MR) is 88.6 cm³/mol. The molecular formula is C18H22N2O2. The van der Waals surface area contributed by atoms with Gasteiger partial charge >= 0.3 is 0 Å². The number of para-hydroxylation sites is 1. The summed E-state index contributed by atoms with van der Waals surface area (Å²) < 4.78 is 0. The summed E-state index contributed by atoms with van der Waals surface area (Å²) in [5, 5.41) is 11.6. The number of aliphatic hydroxyl groups excluding tert-OH is 1. The van der Waals surface area contributed by atoms with E-state index in [0.717, 1.165) is 11.3 Å². The lowest BCUT2D eigenvalue weighted by atomic mass is 10.2. The fraction of sp³-hybridized carbons (Fsp3) is 0.278. The molecular weight excluding hydrogens is 276 g/mol. The van der Waals surface area contributed by atoms with Crippen LogP contribution < -0.4 is 10.2 Å². The van der Waals surface area contributed by atoms with Crippen molar-refractivity contribution in [1.29, 1.82) is 0 Å². The minimum Gasteiger partial charge on any atom is -0.396 e. The van der Waals surface area contributed by atoms with Gasteiger partial charge < -0.3 is 15.3 Å². The van der Waals surface area contributed by atoms with Crippen LogP contribution >= 0.6 is 0 Å². The van der Waals surface area contributed by atoms with Gasteiger partial charge in [-0.05, 0) is 24.1 Å². The molecule has 0 atom stereocenters. The maximum Gasteiger partial charge on any atom is 0.239 e. The predicted octanol–water partition coefficient (Wildman–Crippen LogP) is 2.19. The van der Waals surface area contributed by atoms with Gasteiger partial charge in [0.1, 0.15) is 0 Å². The smallest absolute Gasteiger partial charge is 0.239 e. The lowest BCUT2D eigenvalue weighted by molar-refractivity contribution is -0.119. The zero-order chi connectivity index (χ0) is 15.6. The van der Waals surface area contributed by atoms with Crippen LogP contribution in [0.3, 0.4) is 0 Å². The number of amides is 1. The molecule has 4 heteroatoms. The maximum absolute atomic E-state index is 12.1. The van der Waals surface area contributed by atoms with Crippen molar-refractivity contribution in [3.8, 4) is 0 Å². The third-order valence-corrected chi connectivity index (χ3v) is 3.33. The molecule has 4 nitrogen and oxygen atoms in total. The molecule has 2 aromatic rings. The highest BCUT2D eigenvalue weighted by Gasteiger charge is 2.11. The van der Waals surface area contributed by atoms with Crippen molar-refractivity contribution in [2.45, 2.75) is 13.0 Å². The molecule has 0 aliphatic heterocycles. The monoisotopic (exact) mass is 298 g/mol. The third-order valence-electron chi connectivity index (χ3n) is 3.33. The van der Waals surface area contributed by atoms with Gasteiger partial charge in [-0.3, -0.25) is 4.79 Å². The normalized spacial score (nSPS) is 10.2. The maximum atomic E-state index is 12.1. The first-order valence-electron chi connectivity index (χ1n) is 7.51. The van der Waals surface area contributed by atoms with E-state index < -0.39 is 0 Å². The summed E-state index contributed by atoms with van der Waals surface area (Å²) >= 11 is 0. The van der Waals surface area contributed by atoms with Crippen molar-refractivity contribution < 1.29 is 9.90 Å². The van der Waals surface area contributed by atoms with E-state index >= 15 is 0 Å². The summed E-state index contributed by atoms with van der Waals surface area (Å²) in [4.78, 5) is 14.1. The van der Waals surface area contributed by atoms with Crippen LogP contribution in [0.4, 0.5) is 5.69 Å². The number of nitrogens with one attached hydrogen (secondary N) is 1. The molecule has 0 heterocycles. The molecule has 0 bridgehead atoms. The molecule has 2 rings (SSSR count). The van der Waals surface area contributed by atoms with Gasteiger partial charge in [-0.1, -0.05) is 48.5 Å². The van der Waals surface area contributed by atoms with E-state index in [4.69, 9.17) is 5.11 Å². The molecule has 0 aliphatic carbocycles. The van der Waals surface area contributed by atoms with Gasteiger partial charge in [0.2, 0.25) is 5.91 Å². The van der Waals surface area contributed by atoms with E-state index in [1.807, 2.05) is 53.4 Å². The fourth-order valence-corrected chi connectivity index (χ4v) is 2.22. The molecule has 0 unspecified atom stereocenters. The standard InChI is InChI=1S/C18H22N2O2/c21-13-7-12-19-18(22)15-20(17-10-5-2-6-11-17)14-16-8-3-1-4-9-16/h1-6,8-11,21H,7,12-15H2,(H,19,22). The van der Waals surface area contributed by atoms with Gasteiger partial charge in [-0.15, -0.1) is 0 Å². The molecule has 0 saturated heterocycles. The quantitative estimate of drug-likeness (QED) is 0.735. The van der Waals surface area contributed by atoms with E-state index in [9.17, 15) is 4.79 Å². The number of anilines is 1. The summed E-state index contributed by atoms with van der Waals surface area (Å²) in [6, 6.07) is 20.0. The third kappa shape index (κ3) is 5.22. The second-order valence-electron chi connectivity index (χ2n) is 5.10. The minimum atomic E-state index is -0.0340. The summed E-state index contributed by atoms with van der Waals surface area (Å²) in [5.74, 6) is -0.0340. The molecule has 0 spiro atoms.